The summed E-state index contributed by atoms with van der Waals surface area (Å²) in [5.41, 5.74) is 0. The molecular weight excluding hydrogens is 120 g/mol. The summed E-state index contributed by atoms with van der Waals surface area (Å²) in [7, 11) is 1.55. The maximum atomic E-state index is 8.74. The number of aliphatic hydroxyl groups is 1. The van der Waals surface area contributed by atoms with Crippen molar-refractivity contribution in [3.63, 3.8) is 0 Å². The van der Waals surface area contributed by atoms with E-state index in [2.05, 4.69) is 9.47 Å². The Kier molecular flexibility index (Phi) is 5.01. The van der Waals surface area contributed by atoms with Crippen LogP contribution in [-0.4, -0.2) is 25.4 Å². The molecule has 3 heteroatoms. The summed E-state index contributed by atoms with van der Waals surface area (Å²) in [6, 6.07) is 0. The van der Waals surface area contributed by atoms with E-state index in [1.54, 1.807) is 14.0 Å². The van der Waals surface area contributed by atoms with Crippen LogP contribution in [0, 0.1) is 0 Å². The number of rotatable bonds is 4. The average Bonchev–Trinajstić information content (AvgIpc) is 1.85. The van der Waals surface area contributed by atoms with Crippen molar-refractivity contribution in [2.75, 3.05) is 20.3 Å². The molecule has 9 heavy (non-hydrogen) atoms. The van der Waals surface area contributed by atoms with Gasteiger partial charge in [-0.1, -0.05) is 0 Å². The molecule has 0 aromatic heterocycles. The van der Waals surface area contributed by atoms with E-state index in [0.29, 0.717) is 13.2 Å². The lowest BCUT2D eigenvalue weighted by molar-refractivity contribution is 0.0965. The molecule has 0 aliphatic rings. The Morgan fingerprint density at radius 1 is 1.67 bits per heavy atom. The van der Waals surface area contributed by atoms with Crippen molar-refractivity contribution < 1.29 is 14.6 Å². The van der Waals surface area contributed by atoms with Crippen LogP contribution in [-0.2, 0) is 9.47 Å². The van der Waals surface area contributed by atoms with E-state index in [1.165, 1.54) is 6.08 Å². The van der Waals surface area contributed by atoms with E-state index >= 15 is 0 Å². The Morgan fingerprint density at radius 3 is 2.78 bits per heavy atom. The molecule has 0 spiro atoms. The van der Waals surface area contributed by atoms with Crippen molar-refractivity contribution in [2.24, 2.45) is 0 Å². The second-order valence-electron chi connectivity index (χ2n) is 1.43. The van der Waals surface area contributed by atoms with Gasteiger partial charge in [-0.25, -0.2) is 0 Å². The maximum Gasteiger partial charge on any atom is 0.274 e. The van der Waals surface area contributed by atoms with E-state index in [-0.39, 0.29) is 5.95 Å². The van der Waals surface area contributed by atoms with Crippen LogP contribution >= 0.6 is 0 Å². The maximum absolute atomic E-state index is 8.74. The van der Waals surface area contributed by atoms with E-state index in [0.717, 1.165) is 0 Å². The van der Waals surface area contributed by atoms with Gasteiger partial charge in [0, 0.05) is 13.2 Å². The highest BCUT2D eigenvalue weighted by Gasteiger charge is 1.86. The highest BCUT2D eigenvalue weighted by molar-refractivity contribution is 4.80. The SMILES string of the molecule is CCO/C(O)=C/COC. The van der Waals surface area contributed by atoms with Gasteiger partial charge in [0.2, 0.25) is 0 Å². The average molecular weight is 132 g/mol. The molecule has 1 N–H and O–H groups in total. The number of ether oxygens (including phenoxy) is 2. The molecule has 0 aliphatic heterocycles. The molecule has 0 aromatic rings. The highest BCUT2D eigenvalue weighted by Crippen LogP contribution is 1.89. The number of hydrogen-bond acceptors (Lipinski definition) is 3. The van der Waals surface area contributed by atoms with Crippen LogP contribution in [0.5, 0.6) is 0 Å². The van der Waals surface area contributed by atoms with Gasteiger partial charge in [-0.15, -0.1) is 0 Å². The minimum atomic E-state index is -0.0700. The Balaban J connectivity index is 3.30. The van der Waals surface area contributed by atoms with Crippen molar-refractivity contribution in [2.45, 2.75) is 6.92 Å². The van der Waals surface area contributed by atoms with Gasteiger partial charge in [-0.05, 0) is 6.92 Å². The zero-order chi connectivity index (χ0) is 7.11. The predicted molar refractivity (Wildman–Crippen MR) is 34.2 cm³/mol. The topological polar surface area (TPSA) is 38.7 Å². The van der Waals surface area contributed by atoms with Gasteiger partial charge >= 0.3 is 0 Å². The molecule has 0 bridgehead atoms. The molecule has 0 aromatic carbocycles. The summed E-state index contributed by atoms with van der Waals surface area (Å²) in [6.07, 6.45) is 1.46. The monoisotopic (exact) mass is 132 g/mol. The van der Waals surface area contributed by atoms with Crippen molar-refractivity contribution >= 4 is 0 Å². The standard InChI is InChI=1S/C6H12O3/c1-3-9-6(7)4-5-8-2/h4,7H,3,5H2,1-2H3/b6-4+. The van der Waals surface area contributed by atoms with Gasteiger partial charge in [-0.3, -0.25) is 0 Å². The number of aliphatic hydroxyl groups excluding tert-OH is 1. The molecule has 0 fully saturated rings. The van der Waals surface area contributed by atoms with Crippen molar-refractivity contribution in [1.29, 1.82) is 0 Å². The first-order chi connectivity index (χ1) is 4.31. The van der Waals surface area contributed by atoms with Gasteiger partial charge in [-0.2, -0.15) is 0 Å². The Morgan fingerprint density at radius 2 is 2.33 bits per heavy atom. The lowest BCUT2D eigenvalue weighted by Gasteiger charge is -1.98. The summed E-state index contributed by atoms with van der Waals surface area (Å²) >= 11 is 0. The summed E-state index contributed by atoms with van der Waals surface area (Å²) in [4.78, 5) is 0. The smallest absolute Gasteiger partial charge is 0.274 e. The lowest BCUT2D eigenvalue weighted by atomic mass is 10.6. The van der Waals surface area contributed by atoms with Crippen LogP contribution in [0.25, 0.3) is 0 Å². The van der Waals surface area contributed by atoms with E-state index in [9.17, 15) is 0 Å². The molecule has 0 saturated heterocycles. The molecule has 0 atom stereocenters. The zero-order valence-electron chi connectivity index (χ0n) is 5.76. The lowest BCUT2D eigenvalue weighted by Crippen LogP contribution is -1.92. The van der Waals surface area contributed by atoms with Crippen LogP contribution < -0.4 is 0 Å². The quantitative estimate of drug-likeness (QED) is 0.581. The Bertz CT molecular complexity index is 88.3. The Hall–Kier alpha value is -0.700. The summed E-state index contributed by atoms with van der Waals surface area (Å²) in [5, 5.41) is 8.74. The summed E-state index contributed by atoms with van der Waals surface area (Å²) < 4.78 is 9.32. The van der Waals surface area contributed by atoms with Crippen LogP contribution in [0.15, 0.2) is 12.0 Å². The normalized spacial score (nSPS) is 11.6. The second kappa shape index (κ2) is 5.44. The molecule has 3 nitrogen and oxygen atoms in total. The molecule has 0 saturated carbocycles. The predicted octanol–water partition coefficient (Wildman–Crippen LogP) is 1.07. The fraction of sp³-hybridized carbons (Fsp3) is 0.667. The van der Waals surface area contributed by atoms with Gasteiger partial charge in [0.25, 0.3) is 5.95 Å². The minimum Gasteiger partial charge on any atom is -0.481 e. The van der Waals surface area contributed by atoms with E-state index in [4.69, 9.17) is 5.11 Å². The zero-order valence-corrected chi connectivity index (χ0v) is 5.76. The summed E-state index contributed by atoms with van der Waals surface area (Å²) in [6.45, 7) is 2.66. The fourth-order valence-electron chi connectivity index (χ4n) is 0.361. The first-order valence-corrected chi connectivity index (χ1v) is 2.82. The molecule has 0 amide bonds. The van der Waals surface area contributed by atoms with Crippen LogP contribution in [0.1, 0.15) is 6.92 Å². The molecule has 54 valence electrons. The van der Waals surface area contributed by atoms with Crippen LogP contribution in [0.3, 0.4) is 0 Å². The molecule has 0 aliphatic carbocycles. The minimum absolute atomic E-state index is 0.0700. The Labute approximate surface area is 54.9 Å². The van der Waals surface area contributed by atoms with Gasteiger partial charge < -0.3 is 14.6 Å². The first-order valence-electron chi connectivity index (χ1n) is 2.82. The first kappa shape index (κ1) is 8.30. The molecule has 0 radical (unpaired) electrons. The molecule has 0 heterocycles. The number of hydrogen-bond donors (Lipinski definition) is 1. The third kappa shape index (κ3) is 5.17. The fourth-order valence-corrected chi connectivity index (χ4v) is 0.361. The van der Waals surface area contributed by atoms with Gasteiger partial charge in [0.1, 0.15) is 0 Å². The van der Waals surface area contributed by atoms with Crippen molar-refractivity contribution in [3.8, 4) is 0 Å². The van der Waals surface area contributed by atoms with Gasteiger partial charge in [0.15, 0.2) is 0 Å². The molecule has 0 unspecified atom stereocenters. The summed E-state index contributed by atoms with van der Waals surface area (Å²) in [5.74, 6) is -0.0700. The van der Waals surface area contributed by atoms with Crippen molar-refractivity contribution in [1.82, 2.24) is 0 Å². The molecular formula is C6H12O3. The van der Waals surface area contributed by atoms with Gasteiger partial charge in [0.05, 0.1) is 13.2 Å². The largest absolute Gasteiger partial charge is 0.481 e. The highest BCUT2D eigenvalue weighted by atomic mass is 16.6. The number of methoxy groups -OCH3 is 1. The third-order valence-electron chi connectivity index (χ3n) is 0.717. The van der Waals surface area contributed by atoms with Crippen molar-refractivity contribution in [3.05, 3.63) is 12.0 Å². The second-order valence-corrected chi connectivity index (χ2v) is 1.43. The van der Waals surface area contributed by atoms with Crippen LogP contribution in [0.4, 0.5) is 0 Å². The van der Waals surface area contributed by atoms with E-state index in [1.807, 2.05) is 0 Å². The van der Waals surface area contributed by atoms with Crippen LogP contribution in [0.2, 0.25) is 0 Å². The third-order valence-corrected chi connectivity index (χ3v) is 0.717. The van der Waals surface area contributed by atoms with E-state index < -0.39 is 0 Å². The molecule has 0 rings (SSSR count).